The highest BCUT2D eigenvalue weighted by Gasteiger charge is 2.41. The van der Waals surface area contributed by atoms with Gasteiger partial charge in [0.1, 0.15) is 6.54 Å². The molecule has 0 aromatic carbocycles. The smallest absolute Gasteiger partial charge is 0.348 e. The van der Waals surface area contributed by atoms with E-state index in [1.54, 1.807) is 11.9 Å². The second-order valence-corrected chi connectivity index (χ2v) is 5.65. The number of likely N-dealkylation sites (N-methyl/N-ethyl adjacent to an activating group) is 1. The number of nitrogens with zero attached hydrogens (tertiary/aromatic N) is 1. The van der Waals surface area contributed by atoms with Crippen LogP contribution < -0.4 is 5.32 Å². The van der Waals surface area contributed by atoms with Crippen LogP contribution in [0.2, 0.25) is 0 Å². The van der Waals surface area contributed by atoms with E-state index >= 15 is 0 Å². The molecule has 5 nitrogen and oxygen atoms in total. The van der Waals surface area contributed by atoms with Gasteiger partial charge < -0.3 is 14.8 Å². The van der Waals surface area contributed by atoms with E-state index in [-0.39, 0.29) is 12.6 Å². The zero-order chi connectivity index (χ0) is 15.5. The fraction of sp³-hybridized carbons (Fsp3) is 0.923. The summed E-state index contributed by atoms with van der Waals surface area (Å²) in [6.07, 6.45) is -1.24. The Morgan fingerprint density at radius 3 is 2.38 bits per heavy atom. The third kappa shape index (κ3) is 4.82. The van der Waals surface area contributed by atoms with Crippen molar-refractivity contribution in [2.75, 3.05) is 33.4 Å². The summed E-state index contributed by atoms with van der Waals surface area (Å²) in [7, 11) is 1.76. The van der Waals surface area contributed by atoms with Crippen molar-refractivity contribution in [1.29, 1.82) is 0 Å². The maximum Gasteiger partial charge on any atom is 0.405 e. The zero-order valence-corrected chi connectivity index (χ0v) is 12.0. The molecular weight excluding hydrogens is 289 g/mol. The molecule has 0 aromatic heterocycles. The van der Waals surface area contributed by atoms with Crippen molar-refractivity contribution in [2.45, 2.75) is 43.7 Å². The van der Waals surface area contributed by atoms with E-state index in [0.717, 1.165) is 25.7 Å². The molecule has 1 saturated heterocycles. The van der Waals surface area contributed by atoms with Gasteiger partial charge >= 0.3 is 6.18 Å². The molecule has 1 saturated carbocycles. The summed E-state index contributed by atoms with van der Waals surface area (Å²) in [6, 6.07) is 0.167. The second kappa shape index (κ2) is 6.50. The first kappa shape index (κ1) is 16.5. The van der Waals surface area contributed by atoms with E-state index in [0.29, 0.717) is 13.2 Å². The van der Waals surface area contributed by atoms with Crippen LogP contribution in [0.15, 0.2) is 0 Å². The molecule has 0 atom stereocenters. The molecule has 2 aliphatic rings. The Hall–Kier alpha value is -0.860. The first-order valence-electron chi connectivity index (χ1n) is 7.11. The van der Waals surface area contributed by atoms with E-state index in [2.05, 4.69) is 0 Å². The van der Waals surface area contributed by atoms with Gasteiger partial charge in [0, 0.05) is 18.9 Å². The normalized spacial score (nSPS) is 22.9. The van der Waals surface area contributed by atoms with Crippen molar-refractivity contribution in [3.8, 4) is 0 Å². The van der Waals surface area contributed by atoms with Crippen molar-refractivity contribution in [3.63, 3.8) is 0 Å². The molecule has 0 aromatic rings. The predicted molar refractivity (Wildman–Crippen MR) is 68.6 cm³/mol. The van der Waals surface area contributed by atoms with Crippen molar-refractivity contribution in [3.05, 3.63) is 0 Å². The van der Waals surface area contributed by atoms with Crippen LogP contribution >= 0.6 is 0 Å². The van der Waals surface area contributed by atoms with Crippen LogP contribution in [0.3, 0.4) is 0 Å². The van der Waals surface area contributed by atoms with Gasteiger partial charge in [-0.05, 0) is 19.9 Å². The van der Waals surface area contributed by atoms with Gasteiger partial charge in [0.15, 0.2) is 5.79 Å². The number of ether oxygens (including phenoxy) is 2. The van der Waals surface area contributed by atoms with E-state index < -0.39 is 24.4 Å². The second-order valence-electron chi connectivity index (χ2n) is 5.65. The number of hydrogen-bond donors (Lipinski definition) is 1. The van der Waals surface area contributed by atoms with Crippen molar-refractivity contribution in [1.82, 2.24) is 10.2 Å². The summed E-state index contributed by atoms with van der Waals surface area (Å²) in [5.74, 6) is -1.07. The molecule has 122 valence electrons. The topological polar surface area (TPSA) is 50.8 Å². The quantitative estimate of drug-likeness (QED) is 0.850. The molecule has 1 aliphatic heterocycles. The molecule has 0 unspecified atom stereocenters. The number of halogens is 3. The maximum atomic E-state index is 12.0. The number of carbonyl (C=O) groups is 1. The summed E-state index contributed by atoms with van der Waals surface area (Å²) in [5.41, 5.74) is 0. The molecular formula is C13H21F3N2O3. The Labute approximate surface area is 121 Å². The Kier molecular flexibility index (Phi) is 5.11. The Morgan fingerprint density at radius 2 is 1.86 bits per heavy atom. The van der Waals surface area contributed by atoms with Crippen LogP contribution in [0.1, 0.15) is 25.7 Å². The monoisotopic (exact) mass is 310 g/mol. The molecule has 1 N–H and O–H groups in total. The number of amides is 1. The molecule has 8 heteroatoms. The fourth-order valence-corrected chi connectivity index (χ4v) is 2.88. The Balaban J connectivity index is 1.71. The van der Waals surface area contributed by atoms with E-state index in [1.807, 2.05) is 5.32 Å². The molecule has 21 heavy (non-hydrogen) atoms. The van der Waals surface area contributed by atoms with Gasteiger partial charge in [0.2, 0.25) is 5.91 Å². The molecule has 1 amide bonds. The molecule has 0 radical (unpaired) electrons. The Bertz CT molecular complexity index is 360. The molecule has 1 aliphatic carbocycles. The van der Waals surface area contributed by atoms with Crippen LogP contribution in [0.25, 0.3) is 0 Å². The SMILES string of the molecule is CN(CC(=O)NCC(F)(F)F)C1CCC2(CC1)OCCO2. The van der Waals surface area contributed by atoms with Crippen molar-refractivity contribution in [2.24, 2.45) is 0 Å². The van der Waals surface area contributed by atoms with Gasteiger partial charge in [0.05, 0.1) is 19.8 Å². The van der Waals surface area contributed by atoms with Gasteiger partial charge in [-0.3, -0.25) is 9.69 Å². The number of alkyl halides is 3. The van der Waals surface area contributed by atoms with Crippen LogP contribution in [0.4, 0.5) is 13.2 Å². The van der Waals surface area contributed by atoms with E-state index in [4.69, 9.17) is 9.47 Å². The van der Waals surface area contributed by atoms with Gasteiger partial charge in [0.25, 0.3) is 0 Å². The van der Waals surface area contributed by atoms with Crippen molar-refractivity contribution < 1.29 is 27.4 Å². The standard InChI is InChI=1S/C13H21F3N2O3/c1-18(8-11(19)17-9-13(14,15)16)10-2-4-12(5-3-10)20-6-7-21-12/h10H,2-9H2,1H3,(H,17,19). The lowest BCUT2D eigenvalue weighted by atomic mass is 9.89. The minimum atomic E-state index is -4.37. The first-order chi connectivity index (χ1) is 9.80. The third-order valence-electron chi connectivity index (χ3n) is 4.03. The van der Waals surface area contributed by atoms with Gasteiger partial charge in [-0.2, -0.15) is 13.2 Å². The van der Waals surface area contributed by atoms with Gasteiger partial charge in [-0.1, -0.05) is 0 Å². The number of hydrogen-bond acceptors (Lipinski definition) is 4. The largest absolute Gasteiger partial charge is 0.405 e. The highest BCUT2D eigenvalue weighted by Crippen LogP contribution is 2.36. The number of nitrogens with one attached hydrogen (secondary N) is 1. The number of carbonyl (C=O) groups excluding carboxylic acids is 1. The summed E-state index contributed by atoms with van der Waals surface area (Å²) in [5, 5.41) is 1.89. The lowest BCUT2D eigenvalue weighted by Gasteiger charge is -2.38. The predicted octanol–water partition coefficient (Wildman–Crippen LogP) is 1.28. The lowest BCUT2D eigenvalue weighted by molar-refractivity contribution is -0.183. The zero-order valence-electron chi connectivity index (χ0n) is 12.0. The van der Waals surface area contributed by atoms with Crippen LogP contribution in [0, 0.1) is 0 Å². The average Bonchev–Trinajstić information content (AvgIpc) is 2.85. The summed E-state index contributed by atoms with van der Waals surface area (Å²) >= 11 is 0. The van der Waals surface area contributed by atoms with E-state index in [9.17, 15) is 18.0 Å². The molecule has 2 fully saturated rings. The third-order valence-corrected chi connectivity index (χ3v) is 4.03. The molecule has 0 bridgehead atoms. The van der Waals surface area contributed by atoms with Crippen LogP contribution in [-0.4, -0.2) is 62.2 Å². The molecule has 1 heterocycles. The summed E-state index contributed by atoms with van der Waals surface area (Å²) < 4.78 is 47.3. The molecule has 1 spiro atoms. The van der Waals surface area contributed by atoms with Crippen LogP contribution in [0.5, 0.6) is 0 Å². The van der Waals surface area contributed by atoms with Crippen molar-refractivity contribution >= 4 is 5.91 Å². The summed E-state index contributed by atoms with van der Waals surface area (Å²) in [4.78, 5) is 13.3. The highest BCUT2D eigenvalue weighted by atomic mass is 19.4. The number of rotatable bonds is 4. The van der Waals surface area contributed by atoms with Crippen LogP contribution in [-0.2, 0) is 14.3 Å². The maximum absolute atomic E-state index is 12.0. The van der Waals surface area contributed by atoms with E-state index in [1.165, 1.54) is 0 Å². The minimum absolute atomic E-state index is 0.0323. The lowest BCUT2D eigenvalue weighted by Crippen LogP contribution is -2.46. The summed E-state index contributed by atoms with van der Waals surface area (Å²) in [6.45, 7) is -0.0920. The molecule has 2 rings (SSSR count). The minimum Gasteiger partial charge on any atom is -0.348 e. The first-order valence-corrected chi connectivity index (χ1v) is 7.11. The average molecular weight is 310 g/mol. The fourth-order valence-electron chi connectivity index (χ4n) is 2.88. The highest BCUT2D eigenvalue weighted by molar-refractivity contribution is 5.78. The Morgan fingerprint density at radius 1 is 1.29 bits per heavy atom. The van der Waals surface area contributed by atoms with Gasteiger partial charge in [-0.25, -0.2) is 0 Å². The van der Waals surface area contributed by atoms with Gasteiger partial charge in [-0.15, -0.1) is 0 Å².